The molecule has 2 N–H and O–H groups in total. The van der Waals surface area contributed by atoms with E-state index in [1.165, 1.54) is 0 Å². The van der Waals surface area contributed by atoms with Crippen molar-refractivity contribution in [3.05, 3.63) is 53.9 Å². The summed E-state index contributed by atoms with van der Waals surface area (Å²) in [4.78, 5) is 0. The van der Waals surface area contributed by atoms with E-state index in [2.05, 4.69) is 10.4 Å². The minimum atomic E-state index is -0.439. The van der Waals surface area contributed by atoms with Gasteiger partial charge in [-0.1, -0.05) is 30.3 Å². The van der Waals surface area contributed by atoms with Crippen LogP contribution in [0.15, 0.2) is 42.6 Å². The van der Waals surface area contributed by atoms with Gasteiger partial charge >= 0.3 is 0 Å². The van der Waals surface area contributed by atoms with Crippen molar-refractivity contribution in [2.45, 2.75) is 19.0 Å². The van der Waals surface area contributed by atoms with E-state index in [0.29, 0.717) is 6.54 Å². The van der Waals surface area contributed by atoms with Crippen LogP contribution in [-0.2, 0) is 19.1 Å². The second-order valence-electron chi connectivity index (χ2n) is 4.66. The van der Waals surface area contributed by atoms with E-state index < -0.39 is 5.54 Å². The summed E-state index contributed by atoms with van der Waals surface area (Å²) < 4.78 is 1.83. The molecule has 1 aromatic carbocycles. The minimum absolute atomic E-state index is 0.0505. The summed E-state index contributed by atoms with van der Waals surface area (Å²) >= 11 is 0. The summed E-state index contributed by atoms with van der Waals surface area (Å²) in [6.45, 7) is 2.72. The van der Waals surface area contributed by atoms with Crippen LogP contribution in [0.2, 0.25) is 0 Å². The van der Waals surface area contributed by atoms with Gasteiger partial charge in [0.25, 0.3) is 0 Å². The summed E-state index contributed by atoms with van der Waals surface area (Å²) in [5.41, 5.74) is 1.73. The van der Waals surface area contributed by atoms with Gasteiger partial charge in [0.15, 0.2) is 0 Å². The normalized spacial score (nSPS) is 14.4. The number of nitrogens with one attached hydrogen (secondary N) is 1. The molecule has 0 saturated carbocycles. The van der Waals surface area contributed by atoms with Crippen LogP contribution in [0.1, 0.15) is 18.2 Å². The Balaban J connectivity index is 2.12. The van der Waals surface area contributed by atoms with Crippen molar-refractivity contribution >= 4 is 0 Å². The molecule has 2 rings (SSSR count). The van der Waals surface area contributed by atoms with Gasteiger partial charge in [-0.3, -0.25) is 4.68 Å². The van der Waals surface area contributed by atoms with Gasteiger partial charge in [-0.2, -0.15) is 5.10 Å². The van der Waals surface area contributed by atoms with Crippen molar-refractivity contribution in [1.82, 2.24) is 15.1 Å². The van der Waals surface area contributed by atoms with E-state index in [4.69, 9.17) is 0 Å². The van der Waals surface area contributed by atoms with Gasteiger partial charge in [0.1, 0.15) is 0 Å². The van der Waals surface area contributed by atoms with Gasteiger partial charge < -0.3 is 10.4 Å². The number of aliphatic hydroxyl groups is 1. The predicted octanol–water partition coefficient (Wildman–Crippen LogP) is 1.42. The average Bonchev–Trinajstić information content (AvgIpc) is 2.83. The molecule has 2 aromatic rings. The first-order chi connectivity index (χ1) is 8.65. The highest BCUT2D eigenvalue weighted by Crippen LogP contribution is 2.20. The van der Waals surface area contributed by atoms with E-state index in [9.17, 15) is 5.11 Å². The molecule has 0 aliphatic rings. The molecular weight excluding hydrogens is 226 g/mol. The molecule has 0 radical (unpaired) electrons. The van der Waals surface area contributed by atoms with Gasteiger partial charge in [-0.05, 0) is 18.6 Å². The van der Waals surface area contributed by atoms with Gasteiger partial charge in [0.2, 0.25) is 0 Å². The maximum atomic E-state index is 9.65. The molecule has 0 aliphatic heterocycles. The monoisotopic (exact) mass is 245 g/mol. The molecule has 18 heavy (non-hydrogen) atoms. The zero-order valence-corrected chi connectivity index (χ0v) is 10.8. The lowest BCUT2D eigenvalue weighted by molar-refractivity contribution is 0.172. The van der Waals surface area contributed by atoms with Gasteiger partial charge in [0.05, 0.1) is 17.8 Å². The maximum Gasteiger partial charge on any atom is 0.0652 e. The van der Waals surface area contributed by atoms with Crippen molar-refractivity contribution in [1.29, 1.82) is 0 Å². The van der Waals surface area contributed by atoms with Crippen molar-refractivity contribution in [2.75, 3.05) is 6.61 Å². The van der Waals surface area contributed by atoms with Crippen molar-refractivity contribution in [3.63, 3.8) is 0 Å². The number of hydrogen-bond acceptors (Lipinski definition) is 3. The number of benzene rings is 1. The number of aliphatic hydroxyl groups excluding tert-OH is 1. The van der Waals surface area contributed by atoms with E-state index in [0.717, 1.165) is 11.3 Å². The first-order valence-corrected chi connectivity index (χ1v) is 6.04. The van der Waals surface area contributed by atoms with Crippen molar-refractivity contribution in [2.24, 2.45) is 7.05 Å². The third-order valence-electron chi connectivity index (χ3n) is 3.31. The van der Waals surface area contributed by atoms with Gasteiger partial charge in [-0.25, -0.2) is 0 Å². The van der Waals surface area contributed by atoms with Crippen LogP contribution in [0.5, 0.6) is 0 Å². The first-order valence-electron chi connectivity index (χ1n) is 6.04. The Morgan fingerprint density at radius 2 is 2.00 bits per heavy atom. The predicted molar refractivity (Wildman–Crippen MR) is 70.9 cm³/mol. The van der Waals surface area contributed by atoms with Crippen LogP contribution in [0.3, 0.4) is 0 Å². The maximum absolute atomic E-state index is 9.65. The fourth-order valence-electron chi connectivity index (χ4n) is 1.92. The summed E-state index contributed by atoms with van der Waals surface area (Å²) in [5.74, 6) is 0. The smallest absolute Gasteiger partial charge is 0.0652 e. The number of aromatic nitrogens is 2. The van der Waals surface area contributed by atoms with E-state index in [1.54, 1.807) is 6.20 Å². The quantitative estimate of drug-likeness (QED) is 0.837. The molecule has 0 amide bonds. The van der Waals surface area contributed by atoms with Crippen LogP contribution in [0.25, 0.3) is 0 Å². The summed E-state index contributed by atoms with van der Waals surface area (Å²) in [5, 5.41) is 17.2. The molecule has 4 heteroatoms. The Morgan fingerprint density at radius 3 is 2.56 bits per heavy atom. The van der Waals surface area contributed by atoms with Gasteiger partial charge in [-0.15, -0.1) is 0 Å². The standard InChI is InChI=1S/C14H19N3O/c1-14(11-18,12-6-4-3-5-7-12)15-10-13-8-9-16-17(13)2/h3-9,15,18H,10-11H2,1-2H3. The molecular formula is C14H19N3O. The van der Waals surface area contributed by atoms with Crippen LogP contribution in [0, 0.1) is 0 Å². The topological polar surface area (TPSA) is 50.1 Å². The SMILES string of the molecule is Cn1nccc1CNC(C)(CO)c1ccccc1. The fourth-order valence-corrected chi connectivity index (χ4v) is 1.92. The molecule has 1 aromatic heterocycles. The van der Waals surface area contributed by atoms with E-state index >= 15 is 0 Å². The Bertz CT molecular complexity index is 495. The molecule has 0 spiro atoms. The average molecular weight is 245 g/mol. The third kappa shape index (κ3) is 2.60. The second kappa shape index (κ2) is 5.33. The Labute approximate surface area is 107 Å². The lowest BCUT2D eigenvalue weighted by Crippen LogP contribution is -2.42. The first kappa shape index (κ1) is 12.8. The lowest BCUT2D eigenvalue weighted by Gasteiger charge is -2.29. The van der Waals surface area contributed by atoms with E-state index in [-0.39, 0.29) is 6.61 Å². The molecule has 1 atom stereocenters. The summed E-state index contributed by atoms with van der Waals surface area (Å²) in [6.07, 6.45) is 1.77. The number of rotatable bonds is 5. The molecule has 96 valence electrons. The number of aryl methyl sites for hydroxylation is 1. The zero-order valence-electron chi connectivity index (χ0n) is 10.8. The highest BCUT2D eigenvalue weighted by molar-refractivity contribution is 5.23. The molecule has 1 heterocycles. The highest BCUT2D eigenvalue weighted by Gasteiger charge is 2.24. The summed E-state index contributed by atoms with van der Waals surface area (Å²) in [6, 6.07) is 11.9. The molecule has 1 unspecified atom stereocenters. The number of hydrogen-bond donors (Lipinski definition) is 2. The van der Waals surface area contributed by atoms with Gasteiger partial charge in [0, 0.05) is 19.8 Å². The van der Waals surface area contributed by atoms with Crippen LogP contribution in [-0.4, -0.2) is 21.5 Å². The van der Waals surface area contributed by atoms with Crippen LogP contribution in [0.4, 0.5) is 0 Å². The Morgan fingerprint density at radius 1 is 1.28 bits per heavy atom. The van der Waals surface area contributed by atoms with Crippen LogP contribution >= 0.6 is 0 Å². The molecule has 4 nitrogen and oxygen atoms in total. The molecule has 0 fully saturated rings. The van der Waals surface area contributed by atoms with Crippen molar-refractivity contribution < 1.29 is 5.11 Å². The van der Waals surface area contributed by atoms with Crippen molar-refractivity contribution in [3.8, 4) is 0 Å². The Hall–Kier alpha value is -1.65. The highest BCUT2D eigenvalue weighted by atomic mass is 16.3. The molecule has 0 saturated heterocycles. The zero-order chi connectivity index (χ0) is 13.0. The lowest BCUT2D eigenvalue weighted by atomic mass is 9.93. The fraction of sp³-hybridized carbons (Fsp3) is 0.357. The minimum Gasteiger partial charge on any atom is -0.394 e. The van der Waals surface area contributed by atoms with E-state index in [1.807, 2.05) is 55.1 Å². The largest absolute Gasteiger partial charge is 0.394 e. The Kier molecular flexibility index (Phi) is 3.79. The third-order valence-corrected chi connectivity index (χ3v) is 3.31. The molecule has 0 bridgehead atoms. The number of nitrogens with zero attached hydrogens (tertiary/aromatic N) is 2. The van der Waals surface area contributed by atoms with Crippen LogP contribution < -0.4 is 5.32 Å². The second-order valence-corrected chi connectivity index (χ2v) is 4.66. The summed E-state index contributed by atoms with van der Waals surface area (Å²) in [7, 11) is 1.91. The molecule has 0 aliphatic carbocycles.